The zero-order valence-electron chi connectivity index (χ0n) is 10.8. The summed E-state index contributed by atoms with van der Waals surface area (Å²) < 4.78 is 0. The summed E-state index contributed by atoms with van der Waals surface area (Å²) in [5, 5.41) is 9.76. The summed E-state index contributed by atoms with van der Waals surface area (Å²) in [5.41, 5.74) is 7.36. The van der Waals surface area contributed by atoms with Gasteiger partial charge in [-0.05, 0) is 39.2 Å². The number of carbonyl (C=O) groups is 1. The number of aromatic amines is 1. The first kappa shape index (κ1) is 13.7. The van der Waals surface area contributed by atoms with E-state index in [0.717, 1.165) is 18.5 Å². The zero-order chi connectivity index (χ0) is 12.9. The largest absolute Gasteiger partial charge is 0.356 e. The van der Waals surface area contributed by atoms with Crippen molar-refractivity contribution in [1.29, 1.82) is 0 Å². The molecule has 0 saturated carbocycles. The van der Waals surface area contributed by atoms with Crippen LogP contribution in [-0.2, 0) is 11.2 Å². The molecule has 0 spiro atoms. The highest BCUT2D eigenvalue weighted by molar-refractivity contribution is 5.81. The van der Waals surface area contributed by atoms with Gasteiger partial charge < -0.3 is 11.1 Å². The molecule has 0 aliphatic carbocycles. The molecule has 0 aliphatic heterocycles. The van der Waals surface area contributed by atoms with E-state index in [1.165, 1.54) is 5.56 Å². The van der Waals surface area contributed by atoms with Gasteiger partial charge in [0.05, 0.1) is 11.6 Å². The van der Waals surface area contributed by atoms with Crippen molar-refractivity contribution in [2.24, 2.45) is 11.1 Å². The van der Waals surface area contributed by atoms with E-state index >= 15 is 0 Å². The summed E-state index contributed by atoms with van der Waals surface area (Å²) in [4.78, 5) is 11.7. The minimum absolute atomic E-state index is 0.0175. The highest BCUT2D eigenvalue weighted by Crippen LogP contribution is 2.12. The van der Waals surface area contributed by atoms with Crippen LogP contribution in [-0.4, -0.2) is 29.2 Å². The van der Waals surface area contributed by atoms with Crippen molar-refractivity contribution >= 4 is 5.91 Å². The Morgan fingerprint density at radius 1 is 1.59 bits per heavy atom. The second-order valence-electron chi connectivity index (χ2n) is 4.97. The van der Waals surface area contributed by atoms with Crippen molar-refractivity contribution in [2.45, 2.75) is 33.6 Å². The maximum atomic E-state index is 11.7. The highest BCUT2D eigenvalue weighted by Gasteiger charge is 2.24. The fraction of sp³-hybridized carbons (Fsp3) is 0.667. The third-order valence-electron chi connectivity index (χ3n) is 2.97. The van der Waals surface area contributed by atoms with E-state index < -0.39 is 5.41 Å². The number of nitrogens with two attached hydrogens (primary N) is 1. The maximum Gasteiger partial charge on any atom is 0.226 e. The number of aromatic nitrogens is 2. The molecule has 0 saturated heterocycles. The molecule has 0 unspecified atom stereocenters. The summed E-state index contributed by atoms with van der Waals surface area (Å²) in [7, 11) is 0. The lowest BCUT2D eigenvalue weighted by atomic mass is 9.93. The Hall–Kier alpha value is -1.36. The Balaban J connectivity index is 2.25. The first-order chi connectivity index (χ1) is 7.97. The number of rotatable bonds is 6. The smallest absolute Gasteiger partial charge is 0.226 e. The van der Waals surface area contributed by atoms with Crippen molar-refractivity contribution in [3.05, 3.63) is 17.5 Å². The van der Waals surface area contributed by atoms with Gasteiger partial charge in [0.2, 0.25) is 5.91 Å². The number of carbonyl (C=O) groups excluding carboxylic acids is 1. The molecule has 0 aliphatic rings. The topological polar surface area (TPSA) is 83.8 Å². The molecule has 5 nitrogen and oxygen atoms in total. The van der Waals surface area contributed by atoms with Crippen LogP contribution in [0.15, 0.2) is 6.20 Å². The minimum Gasteiger partial charge on any atom is -0.356 e. The van der Waals surface area contributed by atoms with E-state index in [1.54, 1.807) is 0 Å². The molecular weight excluding hydrogens is 216 g/mol. The Morgan fingerprint density at radius 2 is 2.29 bits per heavy atom. The van der Waals surface area contributed by atoms with Crippen LogP contribution in [0.25, 0.3) is 0 Å². The van der Waals surface area contributed by atoms with E-state index in [1.807, 2.05) is 27.0 Å². The molecule has 0 bridgehead atoms. The SMILES string of the molecule is Cc1[nH]ncc1CCCNC(=O)C(C)(C)CN. The van der Waals surface area contributed by atoms with Crippen molar-refractivity contribution in [2.75, 3.05) is 13.1 Å². The van der Waals surface area contributed by atoms with Crippen molar-refractivity contribution < 1.29 is 4.79 Å². The van der Waals surface area contributed by atoms with Crippen LogP contribution in [0.2, 0.25) is 0 Å². The monoisotopic (exact) mass is 238 g/mol. The number of hydrogen-bond donors (Lipinski definition) is 3. The summed E-state index contributed by atoms with van der Waals surface area (Å²) >= 11 is 0. The summed E-state index contributed by atoms with van der Waals surface area (Å²) in [6.07, 6.45) is 3.67. The van der Waals surface area contributed by atoms with Crippen LogP contribution in [0.5, 0.6) is 0 Å². The van der Waals surface area contributed by atoms with Crippen molar-refractivity contribution in [3.8, 4) is 0 Å². The van der Waals surface area contributed by atoms with Gasteiger partial charge in [0.25, 0.3) is 0 Å². The number of hydrogen-bond acceptors (Lipinski definition) is 3. The Kier molecular flexibility index (Phi) is 4.69. The number of H-pyrrole nitrogens is 1. The van der Waals surface area contributed by atoms with Crippen LogP contribution in [0, 0.1) is 12.3 Å². The van der Waals surface area contributed by atoms with Crippen LogP contribution in [0.1, 0.15) is 31.5 Å². The van der Waals surface area contributed by atoms with Crippen LogP contribution in [0.3, 0.4) is 0 Å². The quantitative estimate of drug-likeness (QED) is 0.639. The van der Waals surface area contributed by atoms with Gasteiger partial charge in [-0.1, -0.05) is 0 Å². The fourth-order valence-electron chi connectivity index (χ4n) is 1.44. The van der Waals surface area contributed by atoms with Crippen LogP contribution < -0.4 is 11.1 Å². The third-order valence-corrected chi connectivity index (χ3v) is 2.97. The van der Waals surface area contributed by atoms with Gasteiger partial charge in [-0.25, -0.2) is 0 Å². The second-order valence-corrected chi connectivity index (χ2v) is 4.97. The average Bonchev–Trinajstić information content (AvgIpc) is 2.70. The minimum atomic E-state index is -0.481. The first-order valence-electron chi connectivity index (χ1n) is 5.94. The molecule has 5 heteroatoms. The standard InChI is InChI=1S/C12H22N4O/c1-9-10(7-15-16-9)5-4-6-14-11(17)12(2,3)8-13/h7H,4-6,8,13H2,1-3H3,(H,14,17)(H,15,16). The molecule has 96 valence electrons. The molecule has 1 heterocycles. The predicted octanol–water partition coefficient (Wildman–Crippen LogP) is 0.752. The first-order valence-corrected chi connectivity index (χ1v) is 5.94. The Bertz CT molecular complexity index is 370. The molecule has 1 rings (SSSR count). The number of aryl methyl sites for hydroxylation is 2. The summed E-state index contributed by atoms with van der Waals surface area (Å²) in [5.74, 6) is 0.0175. The highest BCUT2D eigenvalue weighted by atomic mass is 16.2. The molecule has 1 aromatic heterocycles. The number of amides is 1. The van der Waals surface area contributed by atoms with E-state index in [4.69, 9.17) is 5.73 Å². The Morgan fingerprint density at radius 3 is 2.82 bits per heavy atom. The molecule has 0 radical (unpaired) electrons. The Labute approximate surface area is 102 Å². The van der Waals surface area contributed by atoms with Gasteiger partial charge in [0.1, 0.15) is 0 Å². The molecule has 4 N–H and O–H groups in total. The second kappa shape index (κ2) is 5.82. The van der Waals surface area contributed by atoms with E-state index in [2.05, 4.69) is 15.5 Å². The van der Waals surface area contributed by atoms with Crippen molar-refractivity contribution in [3.63, 3.8) is 0 Å². The lowest BCUT2D eigenvalue weighted by Gasteiger charge is -2.21. The normalized spacial score (nSPS) is 11.5. The molecule has 17 heavy (non-hydrogen) atoms. The lowest BCUT2D eigenvalue weighted by molar-refractivity contribution is -0.128. The third kappa shape index (κ3) is 3.85. The molecule has 1 aromatic rings. The van der Waals surface area contributed by atoms with Gasteiger partial charge in [-0.3, -0.25) is 9.89 Å². The van der Waals surface area contributed by atoms with Crippen molar-refractivity contribution in [1.82, 2.24) is 15.5 Å². The molecule has 1 amide bonds. The van der Waals surface area contributed by atoms with Crippen LogP contribution >= 0.6 is 0 Å². The molecule has 0 fully saturated rings. The van der Waals surface area contributed by atoms with Gasteiger partial charge in [-0.2, -0.15) is 5.10 Å². The summed E-state index contributed by atoms with van der Waals surface area (Å²) in [6, 6.07) is 0. The van der Waals surface area contributed by atoms with Crippen LogP contribution in [0.4, 0.5) is 0 Å². The van der Waals surface area contributed by atoms with E-state index in [9.17, 15) is 4.79 Å². The summed E-state index contributed by atoms with van der Waals surface area (Å²) in [6.45, 7) is 6.73. The van der Waals surface area contributed by atoms with Gasteiger partial charge >= 0.3 is 0 Å². The molecular formula is C12H22N4O. The van der Waals surface area contributed by atoms with Gasteiger partial charge in [-0.15, -0.1) is 0 Å². The predicted molar refractivity (Wildman–Crippen MR) is 67.5 cm³/mol. The zero-order valence-corrected chi connectivity index (χ0v) is 10.8. The lowest BCUT2D eigenvalue weighted by Crippen LogP contribution is -2.42. The number of nitrogens with one attached hydrogen (secondary N) is 2. The van der Waals surface area contributed by atoms with Gasteiger partial charge in [0.15, 0.2) is 0 Å². The maximum absolute atomic E-state index is 11.7. The van der Waals surface area contributed by atoms with E-state index in [-0.39, 0.29) is 5.91 Å². The molecule has 0 aromatic carbocycles. The van der Waals surface area contributed by atoms with E-state index in [0.29, 0.717) is 13.1 Å². The fourth-order valence-corrected chi connectivity index (χ4v) is 1.44. The van der Waals surface area contributed by atoms with Gasteiger partial charge in [0, 0.05) is 18.8 Å². The number of nitrogens with zero attached hydrogens (tertiary/aromatic N) is 1. The average molecular weight is 238 g/mol. The molecule has 0 atom stereocenters.